The highest BCUT2D eigenvalue weighted by Crippen LogP contribution is 2.19. The average molecular weight is 364 g/mol. The number of rotatable bonds is 7. The number of nitrogens with one attached hydrogen (secondary N) is 2. The van der Waals surface area contributed by atoms with Crippen LogP contribution in [0.5, 0.6) is 5.75 Å². The van der Waals surface area contributed by atoms with Crippen molar-refractivity contribution in [1.29, 1.82) is 0 Å². The Hall–Kier alpha value is -3.34. The van der Waals surface area contributed by atoms with E-state index in [2.05, 4.69) is 10.6 Å². The van der Waals surface area contributed by atoms with Gasteiger partial charge < -0.3 is 15.4 Å². The Labute approximate surface area is 158 Å². The molecular weight excluding hydrogens is 343 g/mol. The van der Waals surface area contributed by atoms with E-state index in [0.717, 1.165) is 30.0 Å². The highest BCUT2D eigenvalue weighted by Gasteiger charge is 2.07. The zero-order valence-electron chi connectivity index (χ0n) is 15.0. The van der Waals surface area contributed by atoms with Crippen molar-refractivity contribution < 1.29 is 13.9 Å². The molecule has 27 heavy (non-hydrogen) atoms. The van der Waals surface area contributed by atoms with E-state index >= 15 is 0 Å². The van der Waals surface area contributed by atoms with E-state index in [9.17, 15) is 9.18 Å². The molecule has 0 spiro atoms. The van der Waals surface area contributed by atoms with Gasteiger partial charge in [0, 0.05) is 23.5 Å². The number of halogens is 1. The lowest BCUT2D eigenvalue weighted by molar-refractivity contribution is 0.102. The number of benzene rings is 3. The minimum absolute atomic E-state index is 0.286. The molecule has 0 aliphatic rings. The van der Waals surface area contributed by atoms with Crippen molar-refractivity contribution >= 4 is 17.3 Å². The number of carbonyl (C=O) groups is 1. The number of para-hydroxylation sites is 1. The van der Waals surface area contributed by atoms with Crippen LogP contribution in [0.3, 0.4) is 0 Å². The molecular formula is C22H21FN2O2. The van der Waals surface area contributed by atoms with Gasteiger partial charge >= 0.3 is 0 Å². The number of methoxy groups -OCH3 is 1. The quantitative estimate of drug-likeness (QED) is 0.637. The van der Waals surface area contributed by atoms with Crippen molar-refractivity contribution in [3.05, 3.63) is 89.7 Å². The van der Waals surface area contributed by atoms with Crippen LogP contribution in [0, 0.1) is 5.82 Å². The maximum absolute atomic E-state index is 13.2. The SMILES string of the molecule is COc1ccccc1CCNc1ccc(NC(=O)c2cccc(F)c2)cc1. The van der Waals surface area contributed by atoms with Gasteiger partial charge in [-0.25, -0.2) is 4.39 Å². The van der Waals surface area contributed by atoms with Crippen LogP contribution in [0.25, 0.3) is 0 Å². The molecule has 138 valence electrons. The maximum Gasteiger partial charge on any atom is 0.255 e. The lowest BCUT2D eigenvalue weighted by atomic mass is 10.1. The van der Waals surface area contributed by atoms with Crippen LogP contribution in [-0.4, -0.2) is 19.6 Å². The molecule has 0 aliphatic carbocycles. The lowest BCUT2D eigenvalue weighted by Crippen LogP contribution is -2.12. The lowest BCUT2D eigenvalue weighted by Gasteiger charge is -2.11. The van der Waals surface area contributed by atoms with Crippen LogP contribution < -0.4 is 15.4 Å². The molecule has 0 saturated carbocycles. The summed E-state index contributed by atoms with van der Waals surface area (Å²) in [7, 11) is 1.67. The summed E-state index contributed by atoms with van der Waals surface area (Å²) in [6, 6.07) is 21.0. The Balaban J connectivity index is 1.53. The van der Waals surface area contributed by atoms with Gasteiger partial charge in [0.15, 0.2) is 0 Å². The summed E-state index contributed by atoms with van der Waals surface area (Å²) in [5, 5.41) is 6.11. The van der Waals surface area contributed by atoms with Gasteiger partial charge in [0.25, 0.3) is 5.91 Å². The number of amides is 1. The van der Waals surface area contributed by atoms with E-state index in [0.29, 0.717) is 5.69 Å². The molecule has 0 saturated heterocycles. The molecule has 1 amide bonds. The molecule has 0 unspecified atom stereocenters. The van der Waals surface area contributed by atoms with Crippen molar-refractivity contribution in [3.63, 3.8) is 0 Å². The summed E-state index contributed by atoms with van der Waals surface area (Å²) < 4.78 is 18.6. The van der Waals surface area contributed by atoms with Gasteiger partial charge in [0.1, 0.15) is 11.6 Å². The Bertz CT molecular complexity index is 910. The second kappa shape index (κ2) is 8.85. The predicted octanol–water partition coefficient (Wildman–Crippen LogP) is 4.74. The fraction of sp³-hybridized carbons (Fsp3) is 0.136. The second-order valence-corrected chi connectivity index (χ2v) is 6.03. The third-order valence-electron chi connectivity index (χ3n) is 4.15. The van der Waals surface area contributed by atoms with E-state index in [-0.39, 0.29) is 11.5 Å². The zero-order valence-corrected chi connectivity index (χ0v) is 15.0. The molecule has 0 heterocycles. The summed E-state index contributed by atoms with van der Waals surface area (Å²) >= 11 is 0. The molecule has 3 aromatic carbocycles. The molecule has 0 atom stereocenters. The van der Waals surface area contributed by atoms with E-state index < -0.39 is 5.82 Å². The fourth-order valence-electron chi connectivity index (χ4n) is 2.76. The first-order chi connectivity index (χ1) is 13.2. The van der Waals surface area contributed by atoms with Gasteiger partial charge in [0.2, 0.25) is 0 Å². The number of carbonyl (C=O) groups excluding carboxylic acids is 1. The summed E-state index contributed by atoms with van der Waals surface area (Å²) in [4.78, 5) is 12.1. The summed E-state index contributed by atoms with van der Waals surface area (Å²) in [6.07, 6.45) is 0.835. The highest BCUT2D eigenvalue weighted by molar-refractivity contribution is 6.04. The fourth-order valence-corrected chi connectivity index (χ4v) is 2.76. The predicted molar refractivity (Wildman–Crippen MR) is 106 cm³/mol. The van der Waals surface area contributed by atoms with Crippen LogP contribution in [0.4, 0.5) is 15.8 Å². The highest BCUT2D eigenvalue weighted by atomic mass is 19.1. The Morgan fingerprint density at radius 1 is 0.963 bits per heavy atom. The van der Waals surface area contributed by atoms with Gasteiger partial charge in [-0.05, 0) is 60.5 Å². The molecule has 0 fully saturated rings. The molecule has 4 nitrogen and oxygen atoms in total. The maximum atomic E-state index is 13.2. The van der Waals surface area contributed by atoms with Crippen molar-refractivity contribution in [3.8, 4) is 5.75 Å². The topological polar surface area (TPSA) is 50.4 Å². The van der Waals surface area contributed by atoms with E-state index in [1.54, 1.807) is 13.2 Å². The monoisotopic (exact) mass is 364 g/mol. The molecule has 3 aromatic rings. The molecule has 0 bridgehead atoms. The summed E-state index contributed by atoms with van der Waals surface area (Å²) in [5.41, 5.74) is 3.04. The van der Waals surface area contributed by atoms with Crippen molar-refractivity contribution in [1.82, 2.24) is 0 Å². The first-order valence-electron chi connectivity index (χ1n) is 8.68. The average Bonchev–Trinajstić information content (AvgIpc) is 2.69. The molecule has 0 aromatic heterocycles. The number of anilines is 2. The third-order valence-corrected chi connectivity index (χ3v) is 4.15. The van der Waals surface area contributed by atoms with Gasteiger partial charge in [0.05, 0.1) is 7.11 Å². The van der Waals surface area contributed by atoms with Crippen LogP contribution in [0.15, 0.2) is 72.8 Å². The Kier molecular flexibility index (Phi) is 6.05. The minimum Gasteiger partial charge on any atom is -0.496 e. The minimum atomic E-state index is -0.433. The van der Waals surface area contributed by atoms with E-state index in [4.69, 9.17) is 4.74 Å². The van der Waals surface area contributed by atoms with Crippen molar-refractivity contribution in [2.45, 2.75) is 6.42 Å². The van der Waals surface area contributed by atoms with Gasteiger partial charge in [-0.3, -0.25) is 4.79 Å². The molecule has 0 radical (unpaired) electrons. The first kappa shape index (κ1) is 18.5. The molecule has 3 rings (SSSR count). The van der Waals surface area contributed by atoms with E-state index in [1.807, 2.05) is 48.5 Å². The number of hydrogen-bond donors (Lipinski definition) is 2. The zero-order chi connectivity index (χ0) is 19.1. The van der Waals surface area contributed by atoms with Crippen LogP contribution >= 0.6 is 0 Å². The number of hydrogen-bond acceptors (Lipinski definition) is 3. The smallest absolute Gasteiger partial charge is 0.255 e. The molecule has 5 heteroatoms. The summed E-state index contributed by atoms with van der Waals surface area (Å²) in [5.74, 6) is 0.110. The first-order valence-corrected chi connectivity index (χ1v) is 8.68. The van der Waals surface area contributed by atoms with Crippen molar-refractivity contribution in [2.24, 2.45) is 0 Å². The normalized spacial score (nSPS) is 10.3. The van der Waals surface area contributed by atoms with E-state index in [1.165, 1.54) is 18.2 Å². The second-order valence-electron chi connectivity index (χ2n) is 6.03. The van der Waals surface area contributed by atoms with Crippen molar-refractivity contribution in [2.75, 3.05) is 24.3 Å². The Morgan fingerprint density at radius 2 is 1.70 bits per heavy atom. The molecule has 2 N–H and O–H groups in total. The van der Waals surface area contributed by atoms with Gasteiger partial charge in [-0.2, -0.15) is 0 Å². The van der Waals surface area contributed by atoms with Crippen LogP contribution in [-0.2, 0) is 6.42 Å². The van der Waals surface area contributed by atoms with Gasteiger partial charge in [-0.15, -0.1) is 0 Å². The third kappa shape index (κ3) is 5.07. The standard InChI is InChI=1S/C22H21FN2O2/c1-27-21-8-3-2-5-16(21)13-14-24-19-9-11-20(12-10-19)25-22(26)17-6-4-7-18(23)15-17/h2-12,15,24H,13-14H2,1H3,(H,25,26). The Morgan fingerprint density at radius 3 is 2.44 bits per heavy atom. The summed E-state index contributed by atoms with van der Waals surface area (Å²) in [6.45, 7) is 0.759. The largest absolute Gasteiger partial charge is 0.496 e. The van der Waals surface area contributed by atoms with Crippen LogP contribution in [0.2, 0.25) is 0 Å². The van der Waals surface area contributed by atoms with Gasteiger partial charge in [-0.1, -0.05) is 24.3 Å². The van der Waals surface area contributed by atoms with Crippen LogP contribution in [0.1, 0.15) is 15.9 Å². The number of ether oxygens (including phenoxy) is 1. The molecule has 0 aliphatic heterocycles.